The van der Waals surface area contributed by atoms with Gasteiger partial charge in [-0.3, -0.25) is 0 Å². The Balaban J connectivity index is 1.85. The lowest BCUT2D eigenvalue weighted by atomic mass is 10.2. The highest BCUT2D eigenvalue weighted by Gasteiger charge is 2.41. The number of anilines is 1. The zero-order valence-electron chi connectivity index (χ0n) is 10.8. The number of alkyl halides is 3. The van der Waals surface area contributed by atoms with Crippen molar-refractivity contribution in [2.45, 2.75) is 12.3 Å². The predicted octanol–water partition coefficient (Wildman–Crippen LogP) is 0.454. The lowest BCUT2D eigenvalue weighted by Crippen LogP contribution is -3.16. The minimum absolute atomic E-state index is 0.314. The highest BCUT2D eigenvalue weighted by Crippen LogP contribution is 2.19. The van der Waals surface area contributed by atoms with Crippen LogP contribution in [0.4, 0.5) is 23.2 Å². The van der Waals surface area contributed by atoms with Gasteiger partial charge in [0.25, 0.3) is 0 Å². The van der Waals surface area contributed by atoms with Crippen LogP contribution in [0.15, 0.2) is 24.3 Å². The van der Waals surface area contributed by atoms with Crippen LogP contribution < -0.4 is 9.80 Å². The van der Waals surface area contributed by atoms with E-state index in [-0.39, 0.29) is 12.4 Å². The molecule has 1 heterocycles. The van der Waals surface area contributed by atoms with Gasteiger partial charge >= 0.3 is 6.18 Å². The fraction of sp³-hybridized carbons (Fsp3) is 0.538. The largest absolute Gasteiger partial charge is 0.419 e. The summed E-state index contributed by atoms with van der Waals surface area (Å²) in [5, 5.41) is 9.05. The molecule has 112 valence electrons. The summed E-state index contributed by atoms with van der Waals surface area (Å²) < 4.78 is 49.6. The number of piperazine rings is 1. The van der Waals surface area contributed by atoms with Crippen LogP contribution in [0.1, 0.15) is 0 Å². The van der Waals surface area contributed by atoms with E-state index in [2.05, 4.69) is 0 Å². The number of aliphatic hydroxyl groups excluding tert-OH is 1. The van der Waals surface area contributed by atoms with Gasteiger partial charge in [-0.25, -0.2) is 4.39 Å². The third-order valence-electron chi connectivity index (χ3n) is 3.52. The first-order valence-corrected chi connectivity index (χ1v) is 6.45. The van der Waals surface area contributed by atoms with Gasteiger partial charge < -0.3 is 14.9 Å². The number of quaternary nitrogens is 1. The Labute approximate surface area is 114 Å². The fourth-order valence-corrected chi connectivity index (χ4v) is 2.33. The van der Waals surface area contributed by atoms with Gasteiger partial charge in [0.05, 0.1) is 26.2 Å². The highest BCUT2D eigenvalue weighted by molar-refractivity contribution is 5.46. The third kappa shape index (κ3) is 3.83. The van der Waals surface area contributed by atoms with Crippen LogP contribution in [0.3, 0.4) is 0 Å². The SMILES string of the molecule is O[C@H](C[NH+]1CCN(c2ccc(F)cc2)CC1)C(F)(F)F. The first-order valence-electron chi connectivity index (χ1n) is 6.45. The van der Waals surface area contributed by atoms with Crippen molar-refractivity contribution < 1.29 is 27.6 Å². The third-order valence-corrected chi connectivity index (χ3v) is 3.52. The van der Waals surface area contributed by atoms with Crippen molar-refractivity contribution in [2.75, 3.05) is 37.6 Å². The van der Waals surface area contributed by atoms with E-state index in [4.69, 9.17) is 5.11 Å². The second-order valence-corrected chi connectivity index (χ2v) is 4.97. The number of nitrogens with one attached hydrogen (secondary N) is 1. The topological polar surface area (TPSA) is 27.9 Å². The van der Waals surface area contributed by atoms with Gasteiger partial charge in [-0.05, 0) is 24.3 Å². The molecule has 1 saturated heterocycles. The lowest BCUT2D eigenvalue weighted by Gasteiger charge is -2.34. The molecule has 0 aliphatic carbocycles. The maximum Gasteiger partial charge on any atom is 0.419 e. The molecule has 0 unspecified atom stereocenters. The molecule has 0 aromatic heterocycles. The van der Waals surface area contributed by atoms with Crippen LogP contribution in [0.5, 0.6) is 0 Å². The van der Waals surface area contributed by atoms with Crippen molar-refractivity contribution in [1.29, 1.82) is 0 Å². The van der Waals surface area contributed by atoms with E-state index >= 15 is 0 Å². The van der Waals surface area contributed by atoms with Gasteiger partial charge in [-0.15, -0.1) is 0 Å². The van der Waals surface area contributed by atoms with E-state index in [0.29, 0.717) is 26.2 Å². The Bertz CT molecular complexity index is 427. The van der Waals surface area contributed by atoms with Gasteiger partial charge in [0.1, 0.15) is 12.4 Å². The Hall–Kier alpha value is -1.34. The average molecular weight is 293 g/mol. The number of hydrogen-bond acceptors (Lipinski definition) is 2. The zero-order chi connectivity index (χ0) is 14.8. The molecule has 1 aliphatic rings. The second-order valence-electron chi connectivity index (χ2n) is 4.97. The highest BCUT2D eigenvalue weighted by atomic mass is 19.4. The fourth-order valence-electron chi connectivity index (χ4n) is 2.33. The van der Waals surface area contributed by atoms with Crippen molar-refractivity contribution in [3.05, 3.63) is 30.1 Å². The van der Waals surface area contributed by atoms with Crippen LogP contribution >= 0.6 is 0 Å². The molecule has 0 spiro atoms. The Morgan fingerprint density at radius 2 is 1.70 bits per heavy atom. The maximum absolute atomic E-state index is 12.8. The summed E-state index contributed by atoms with van der Waals surface area (Å²) in [5.41, 5.74) is 0.863. The Morgan fingerprint density at radius 3 is 2.20 bits per heavy atom. The minimum atomic E-state index is -4.55. The molecular formula is C13H17F4N2O+. The average Bonchev–Trinajstić information content (AvgIpc) is 2.39. The first kappa shape index (κ1) is 15.1. The first-order chi connectivity index (χ1) is 9.36. The quantitative estimate of drug-likeness (QED) is 0.792. The van der Waals surface area contributed by atoms with Crippen molar-refractivity contribution in [2.24, 2.45) is 0 Å². The number of aliphatic hydroxyl groups is 1. The van der Waals surface area contributed by atoms with Crippen molar-refractivity contribution >= 4 is 5.69 Å². The summed E-state index contributed by atoms with van der Waals surface area (Å²) >= 11 is 0. The maximum atomic E-state index is 12.8. The summed E-state index contributed by atoms with van der Waals surface area (Å²) in [6.45, 7) is 1.90. The molecule has 0 amide bonds. The Morgan fingerprint density at radius 1 is 1.15 bits per heavy atom. The van der Waals surface area contributed by atoms with Crippen molar-refractivity contribution in [3.63, 3.8) is 0 Å². The summed E-state index contributed by atoms with van der Waals surface area (Å²) in [6, 6.07) is 6.04. The van der Waals surface area contributed by atoms with E-state index < -0.39 is 12.3 Å². The number of halogens is 4. The van der Waals surface area contributed by atoms with Gasteiger partial charge in [-0.1, -0.05) is 0 Å². The van der Waals surface area contributed by atoms with Gasteiger partial charge in [0.2, 0.25) is 0 Å². The molecule has 1 aromatic rings. The molecule has 1 aromatic carbocycles. The van der Waals surface area contributed by atoms with Gasteiger partial charge in [0, 0.05) is 5.69 Å². The minimum Gasteiger partial charge on any atom is -0.379 e. The standard InChI is InChI=1S/C13H16F4N2O/c14-10-1-3-11(4-2-10)19-7-5-18(6-8-19)9-12(20)13(15,16)17/h1-4,12,20H,5-9H2/p+1/t12-/m1/s1. The molecule has 0 bridgehead atoms. The zero-order valence-corrected chi connectivity index (χ0v) is 10.8. The number of hydrogen-bond donors (Lipinski definition) is 2. The number of rotatable bonds is 3. The van der Waals surface area contributed by atoms with Crippen LogP contribution in [0.25, 0.3) is 0 Å². The molecule has 0 radical (unpaired) electrons. The summed E-state index contributed by atoms with van der Waals surface area (Å²) in [7, 11) is 0. The van der Waals surface area contributed by atoms with E-state index in [9.17, 15) is 17.6 Å². The second kappa shape index (κ2) is 5.97. The summed E-state index contributed by atoms with van der Waals surface area (Å²) in [4.78, 5) is 2.73. The molecule has 1 aliphatic heterocycles. The van der Waals surface area contributed by atoms with E-state index in [0.717, 1.165) is 10.6 Å². The molecule has 1 atom stereocenters. The molecule has 0 saturated carbocycles. The van der Waals surface area contributed by atoms with Crippen molar-refractivity contribution in [1.82, 2.24) is 0 Å². The molecule has 1 fully saturated rings. The number of nitrogens with zero attached hydrogens (tertiary/aromatic N) is 1. The summed E-state index contributed by atoms with van der Waals surface area (Å²) in [6.07, 6.45) is -6.82. The predicted molar refractivity (Wildman–Crippen MR) is 66.2 cm³/mol. The molecule has 3 nitrogen and oxygen atoms in total. The monoisotopic (exact) mass is 293 g/mol. The van der Waals surface area contributed by atoms with Crippen LogP contribution in [0.2, 0.25) is 0 Å². The van der Waals surface area contributed by atoms with Crippen molar-refractivity contribution in [3.8, 4) is 0 Å². The molecule has 2 rings (SSSR count). The normalized spacial score (nSPS) is 19.1. The lowest BCUT2D eigenvalue weighted by molar-refractivity contribution is -0.905. The van der Waals surface area contributed by atoms with E-state index in [1.807, 2.05) is 4.90 Å². The van der Waals surface area contributed by atoms with Gasteiger partial charge in [0.15, 0.2) is 6.10 Å². The van der Waals surface area contributed by atoms with Gasteiger partial charge in [-0.2, -0.15) is 13.2 Å². The van der Waals surface area contributed by atoms with E-state index in [1.54, 1.807) is 12.1 Å². The molecule has 20 heavy (non-hydrogen) atoms. The van der Waals surface area contributed by atoms with Crippen LogP contribution in [-0.2, 0) is 0 Å². The van der Waals surface area contributed by atoms with Crippen LogP contribution in [-0.4, -0.2) is 50.1 Å². The Kier molecular flexibility index (Phi) is 4.49. The molecule has 2 N–H and O–H groups in total. The van der Waals surface area contributed by atoms with E-state index in [1.165, 1.54) is 12.1 Å². The number of benzene rings is 1. The molecule has 7 heteroatoms. The smallest absolute Gasteiger partial charge is 0.379 e. The van der Waals surface area contributed by atoms with Crippen LogP contribution in [0, 0.1) is 5.82 Å². The molecular weight excluding hydrogens is 276 g/mol. The summed E-state index contributed by atoms with van der Waals surface area (Å²) in [5.74, 6) is -0.314.